The van der Waals surface area contributed by atoms with E-state index in [1.165, 1.54) is 4.90 Å². The number of anilines is 1. The van der Waals surface area contributed by atoms with Gasteiger partial charge in [-0.3, -0.25) is 4.79 Å². The van der Waals surface area contributed by atoms with Crippen LogP contribution in [0.3, 0.4) is 0 Å². The molecular formula is C22H21F7N4OS. The molecule has 5 heterocycles. The fourth-order valence-electron chi connectivity index (χ4n) is 6.23. The number of aromatic nitrogens is 1. The van der Waals surface area contributed by atoms with Gasteiger partial charge in [0.1, 0.15) is 11.0 Å². The SMILES string of the molecule is O=C([C@H]1N[C@H]2C[C@@H]1[C@@H](F)C2)N1CC2(C1)CN(c1c(C(F)(F)F)cnc3sc(CC(F)(F)F)cc13)C2. The smallest absolute Gasteiger partial charge is 0.369 e. The minimum Gasteiger partial charge on any atom is -0.369 e. The number of alkyl halides is 7. The molecule has 0 radical (unpaired) electrons. The molecule has 1 spiro atoms. The Bertz CT molecular complexity index is 1180. The van der Waals surface area contributed by atoms with Gasteiger partial charge in [-0.1, -0.05) is 0 Å². The summed E-state index contributed by atoms with van der Waals surface area (Å²) in [4.78, 5) is 19.8. The van der Waals surface area contributed by atoms with Crippen LogP contribution in [0.15, 0.2) is 12.3 Å². The maximum Gasteiger partial charge on any atom is 0.419 e. The van der Waals surface area contributed by atoms with E-state index < -0.39 is 36.6 Å². The van der Waals surface area contributed by atoms with Crippen LogP contribution in [-0.2, 0) is 17.4 Å². The zero-order valence-corrected chi connectivity index (χ0v) is 19.0. The lowest BCUT2D eigenvalue weighted by Crippen LogP contribution is -2.74. The summed E-state index contributed by atoms with van der Waals surface area (Å²) in [6.45, 7) is 1.24. The van der Waals surface area contributed by atoms with Gasteiger partial charge in [0, 0.05) is 60.0 Å². The van der Waals surface area contributed by atoms with E-state index in [0.717, 1.165) is 17.4 Å². The molecule has 3 saturated heterocycles. The number of rotatable bonds is 3. The van der Waals surface area contributed by atoms with E-state index in [-0.39, 0.29) is 57.2 Å². The maximum absolute atomic E-state index is 14.1. The van der Waals surface area contributed by atoms with E-state index in [1.54, 1.807) is 4.90 Å². The van der Waals surface area contributed by atoms with Crippen molar-refractivity contribution in [3.05, 3.63) is 22.7 Å². The Morgan fingerprint density at radius 2 is 1.86 bits per heavy atom. The van der Waals surface area contributed by atoms with Crippen molar-refractivity contribution in [1.29, 1.82) is 0 Å². The monoisotopic (exact) mass is 522 g/mol. The Balaban J connectivity index is 1.20. The molecule has 1 aliphatic carbocycles. The van der Waals surface area contributed by atoms with Gasteiger partial charge in [0.25, 0.3) is 0 Å². The molecule has 6 rings (SSSR count). The molecule has 2 bridgehead atoms. The van der Waals surface area contributed by atoms with E-state index in [2.05, 4.69) is 10.3 Å². The quantitative estimate of drug-likeness (QED) is 0.616. The second-order valence-electron chi connectivity index (χ2n) is 10.3. The lowest BCUT2D eigenvalue weighted by molar-refractivity contribution is -0.149. The molecule has 13 heteroatoms. The number of halogens is 7. The highest BCUT2D eigenvalue weighted by Gasteiger charge is 2.58. The van der Waals surface area contributed by atoms with E-state index in [0.29, 0.717) is 32.1 Å². The third kappa shape index (κ3) is 3.85. The summed E-state index contributed by atoms with van der Waals surface area (Å²) in [5, 5.41) is 3.24. The van der Waals surface area contributed by atoms with E-state index in [4.69, 9.17) is 0 Å². The number of hydrogen-bond acceptors (Lipinski definition) is 5. The van der Waals surface area contributed by atoms with Crippen molar-refractivity contribution < 1.29 is 35.5 Å². The first-order chi connectivity index (χ1) is 16.3. The number of amides is 1. The summed E-state index contributed by atoms with van der Waals surface area (Å²) >= 11 is 0.738. The summed E-state index contributed by atoms with van der Waals surface area (Å²) in [6, 6.07) is 0.619. The van der Waals surface area contributed by atoms with E-state index in [9.17, 15) is 35.5 Å². The van der Waals surface area contributed by atoms with Gasteiger partial charge in [-0.15, -0.1) is 11.3 Å². The summed E-state index contributed by atoms with van der Waals surface area (Å²) in [5.74, 6) is -0.494. The van der Waals surface area contributed by atoms with E-state index in [1.807, 2.05) is 0 Å². The number of carbonyl (C=O) groups excluding carboxylic acids is 1. The second-order valence-corrected chi connectivity index (χ2v) is 11.4. The molecule has 2 aromatic rings. The van der Waals surface area contributed by atoms with Gasteiger partial charge in [0.2, 0.25) is 5.91 Å². The highest BCUT2D eigenvalue weighted by atomic mass is 32.1. The molecule has 0 unspecified atom stereocenters. The molecule has 1 saturated carbocycles. The molecular weight excluding hydrogens is 501 g/mol. The number of nitrogens with one attached hydrogen (secondary N) is 1. The van der Waals surface area contributed by atoms with Crippen molar-refractivity contribution in [2.24, 2.45) is 11.3 Å². The normalized spacial score (nSPS) is 29.7. The van der Waals surface area contributed by atoms with Crippen LogP contribution in [0, 0.1) is 11.3 Å². The third-order valence-electron chi connectivity index (χ3n) is 7.64. The van der Waals surface area contributed by atoms with Gasteiger partial charge in [0.15, 0.2) is 0 Å². The number of piperidine rings is 1. The highest BCUT2D eigenvalue weighted by Crippen LogP contribution is 2.50. The number of thiophene rings is 1. The Hall–Kier alpha value is -2.15. The second kappa shape index (κ2) is 7.44. The molecule has 2 aromatic heterocycles. The van der Waals surface area contributed by atoms with Gasteiger partial charge in [0.05, 0.1) is 23.7 Å². The van der Waals surface area contributed by atoms with Crippen LogP contribution < -0.4 is 10.2 Å². The molecule has 35 heavy (non-hydrogen) atoms. The molecule has 1 N–H and O–H groups in total. The fourth-order valence-corrected chi connectivity index (χ4v) is 7.26. The predicted octanol–water partition coefficient (Wildman–Crippen LogP) is 4.16. The average Bonchev–Trinajstić information content (AvgIpc) is 3.36. The van der Waals surface area contributed by atoms with Gasteiger partial charge < -0.3 is 15.1 Å². The van der Waals surface area contributed by atoms with Crippen molar-refractivity contribution in [3.8, 4) is 0 Å². The summed E-state index contributed by atoms with van der Waals surface area (Å²) in [5.41, 5.74) is -1.51. The number of fused-ring (bicyclic) bond motifs is 3. The third-order valence-corrected chi connectivity index (χ3v) is 8.68. The Morgan fingerprint density at radius 1 is 1.14 bits per heavy atom. The Labute approximate surface area is 199 Å². The number of nitrogens with zero attached hydrogens (tertiary/aromatic N) is 3. The lowest BCUT2D eigenvalue weighted by atomic mass is 9.72. The Morgan fingerprint density at radius 3 is 2.46 bits per heavy atom. The van der Waals surface area contributed by atoms with Crippen LogP contribution in [0.5, 0.6) is 0 Å². The number of likely N-dealkylation sites (tertiary alicyclic amines) is 1. The number of hydrogen-bond donors (Lipinski definition) is 1. The summed E-state index contributed by atoms with van der Waals surface area (Å²) in [6.07, 6.45) is -9.68. The topological polar surface area (TPSA) is 48.5 Å². The molecule has 1 amide bonds. The first kappa shape index (κ1) is 23.3. The molecule has 0 aromatic carbocycles. The molecule has 4 fully saturated rings. The first-order valence-electron chi connectivity index (χ1n) is 11.3. The van der Waals surface area contributed by atoms with Crippen LogP contribution in [-0.4, -0.2) is 66.4 Å². The summed E-state index contributed by atoms with van der Waals surface area (Å²) < 4.78 is 93.9. The number of pyridine rings is 1. The van der Waals surface area contributed by atoms with Crippen LogP contribution in [0.1, 0.15) is 23.3 Å². The average molecular weight is 522 g/mol. The van der Waals surface area contributed by atoms with Crippen LogP contribution >= 0.6 is 11.3 Å². The minimum atomic E-state index is -4.72. The first-order valence-corrected chi connectivity index (χ1v) is 12.1. The van der Waals surface area contributed by atoms with Crippen molar-refractivity contribution in [3.63, 3.8) is 0 Å². The maximum atomic E-state index is 14.1. The fraction of sp³-hybridized carbons (Fsp3) is 0.636. The summed E-state index contributed by atoms with van der Waals surface area (Å²) in [7, 11) is 0. The molecule has 4 aliphatic rings. The molecule has 5 nitrogen and oxygen atoms in total. The van der Waals surface area contributed by atoms with Crippen LogP contribution in [0.2, 0.25) is 0 Å². The van der Waals surface area contributed by atoms with Crippen LogP contribution in [0.4, 0.5) is 36.4 Å². The molecule has 190 valence electrons. The predicted molar refractivity (Wildman–Crippen MR) is 114 cm³/mol. The Kier molecular flexibility index (Phi) is 4.94. The zero-order valence-electron chi connectivity index (χ0n) is 18.2. The van der Waals surface area contributed by atoms with Crippen molar-refractivity contribution in [2.75, 3.05) is 31.1 Å². The van der Waals surface area contributed by atoms with Gasteiger partial charge in [-0.2, -0.15) is 26.3 Å². The largest absolute Gasteiger partial charge is 0.419 e. The molecule has 3 aliphatic heterocycles. The standard InChI is InChI=1S/C22H21F7N4OS/c23-15-2-10-1-12(15)16(31-10)19(34)33-8-20(9-33)6-32(7-20)17-13-3-11(4-21(24,25)26)35-18(13)30-5-14(17)22(27,28)29/h3,5,10,12,15-16,31H,1-2,4,6-9H2/t10-,12+,15-,16-/m0/s1. The lowest BCUT2D eigenvalue weighted by Gasteiger charge is -2.61. The van der Waals surface area contributed by atoms with Crippen LogP contribution in [0.25, 0.3) is 10.2 Å². The van der Waals surface area contributed by atoms with E-state index >= 15 is 0 Å². The zero-order chi connectivity index (χ0) is 24.9. The van der Waals surface area contributed by atoms with Gasteiger partial charge >= 0.3 is 12.4 Å². The minimum absolute atomic E-state index is 0.0149. The van der Waals surface area contributed by atoms with Gasteiger partial charge in [-0.05, 0) is 18.9 Å². The number of carbonyl (C=O) groups is 1. The highest BCUT2D eigenvalue weighted by molar-refractivity contribution is 7.18. The van der Waals surface area contributed by atoms with Gasteiger partial charge in [-0.25, -0.2) is 9.37 Å². The molecule has 4 atom stereocenters. The van der Waals surface area contributed by atoms with Crippen molar-refractivity contribution in [1.82, 2.24) is 15.2 Å². The van der Waals surface area contributed by atoms with Crippen molar-refractivity contribution >= 4 is 33.1 Å². The van der Waals surface area contributed by atoms with Crippen molar-refractivity contribution in [2.45, 2.75) is 49.9 Å².